The molecule has 6 nitrogen and oxygen atoms in total. The van der Waals surface area contributed by atoms with Crippen molar-refractivity contribution < 1.29 is 13.2 Å². The van der Waals surface area contributed by atoms with Crippen molar-refractivity contribution in [2.45, 2.75) is 31.5 Å². The summed E-state index contributed by atoms with van der Waals surface area (Å²) in [6.45, 7) is 1.57. The normalized spacial score (nSPS) is 18.8. The first-order chi connectivity index (χ1) is 12.5. The van der Waals surface area contributed by atoms with Gasteiger partial charge in [-0.15, -0.1) is 0 Å². The molecular weight excluding hydrogens is 345 g/mol. The SMILES string of the molecule is CN=C(NCCCCNc1ccccn1)NC1CCN(CC(F)(F)F)C1. The van der Waals surface area contributed by atoms with Gasteiger partial charge >= 0.3 is 6.18 Å². The number of aromatic nitrogens is 1. The lowest BCUT2D eigenvalue weighted by Crippen LogP contribution is -2.45. The first-order valence-corrected chi connectivity index (χ1v) is 8.87. The van der Waals surface area contributed by atoms with Gasteiger partial charge in [0.2, 0.25) is 0 Å². The number of aliphatic imine (C=N–C) groups is 1. The fourth-order valence-corrected chi connectivity index (χ4v) is 2.88. The number of nitrogens with one attached hydrogen (secondary N) is 3. The maximum Gasteiger partial charge on any atom is 0.401 e. The molecule has 1 atom stereocenters. The zero-order valence-electron chi connectivity index (χ0n) is 15.0. The maximum atomic E-state index is 12.4. The number of anilines is 1. The molecule has 1 unspecified atom stereocenters. The van der Waals surface area contributed by atoms with Gasteiger partial charge in [-0.05, 0) is 31.4 Å². The van der Waals surface area contributed by atoms with E-state index in [1.165, 1.54) is 4.90 Å². The summed E-state index contributed by atoms with van der Waals surface area (Å²) in [6, 6.07) is 5.73. The van der Waals surface area contributed by atoms with Crippen LogP contribution in [0.5, 0.6) is 0 Å². The molecule has 0 radical (unpaired) electrons. The van der Waals surface area contributed by atoms with Crippen LogP contribution in [-0.2, 0) is 0 Å². The van der Waals surface area contributed by atoms with Gasteiger partial charge in [0.1, 0.15) is 5.82 Å². The van der Waals surface area contributed by atoms with Crippen LogP contribution in [0.25, 0.3) is 0 Å². The molecule has 1 aliphatic heterocycles. The van der Waals surface area contributed by atoms with Crippen molar-refractivity contribution in [3.8, 4) is 0 Å². The van der Waals surface area contributed by atoms with Gasteiger partial charge in [-0.2, -0.15) is 13.2 Å². The van der Waals surface area contributed by atoms with Crippen molar-refractivity contribution in [3.63, 3.8) is 0 Å². The summed E-state index contributed by atoms with van der Waals surface area (Å²) in [5.74, 6) is 1.50. The molecule has 1 aromatic rings. The molecule has 1 fully saturated rings. The summed E-state index contributed by atoms with van der Waals surface area (Å²) < 4.78 is 37.3. The van der Waals surface area contributed by atoms with Crippen molar-refractivity contribution in [2.75, 3.05) is 45.1 Å². The van der Waals surface area contributed by atoms with E-state index in [1.807, 2.05) is 18.2 Å². The van der Waals surface area contributed by atoms with Crippen LogP contribution in [0.2, 0.25) is 0 Å². The van der Waals surface area contributed by atoms with Gasteiger partial charge in [0, 0.05) is 45.5 Å². The Labute approximate surface area is 152 Å². The molecule has 3 N–H and O–H groups in total. The molecule has 1 aromatic heterocycles. The van der Waals surface area contributed by atoms with E-state index in [1.54, 1.807) is 13.2 Å². The molecule has 0 bridgehead atoms. The smallest absolute Gasteiger partial charge is 0.370 e. The number of hydrogen-bond acceptors (Lipinski definition) is 4. The fourth-order valence-electron chi connectivity index (χ4n) is 2.88. The van der Waals surface area contributed by atoms with E-state index >= 15 is 0 Å². The van der Waals surface area contributed by atoms with Gasteiger partial charge in [0.15, 0.2) is 5.96 Å². The molecule has 0 aromatic carbocycles. The minimum Gasteiger partial charge on any atom is -0.370 e. The van der Waals surface area contributed by atoms with Crippen LogP contribution in [0.1, 0.15) is 19.3 Å². The van der Waals surface area contributed by atoms with E-state index in [0.717, 1.165) is 31.7 Å². The number of halogens is 3. The molecule has 0 spiro atoms. The van der Waals surface area contributed by atoms with Crippen LogP contribution in [0, 0.1) is 0 Å². The highest BCUT2D eigenvalue weighted by molar-refractivity contribution is 5.79. The van der Waals surface area contributed by atoms with E-state index in [0.29, 0.717) is 25.5 Å². The first-order valence-electron chi connectivity index (χ1n) is 8.87. The van der Waals surface area contributed by atoms with E-state index in [4.69, 9.17) is 0 Å². The van der Waals surface area contributed by atoms with Crippen molar-refractivity contribution in [3.05, 3.63) is 24.4 Å². The summed E-state index contributed by atoms with van der Waals surface area (Å²) >= 11 is 0. The Kier molecular flexibility index (Phi) is 7.96. The molecule has 1 saturated heterocycles. The third-order valence-corrected chi connectivity index (χ3v) is 4.11. The standard InChI is InChI=1S/C17H27F3N6/c1-21-16(25-14-7-11-26(12-14)13-17(18,19)20)24-10-5-4-9-23-15-6-2-3-8-22-15/h2-3,6,8,14H,4-5,7,9-13H2,1H3,(H,22,23)(H2,21,24,25). The molecule has 0 amide bonds. The number of unbranched alkanes of at least 4 members (excludes halogenated alkanes) is 1. The van der Waals surface area contributed by atoms with Crippen LogP contribution in [0.4, 0.5) is 19.0 Å². The third kappa shape index (κ3) is 7.90. The minimum atomic E-state index is -4.14. The second kappa shape index (κ2) is 10.2. The molecule has 2 rings (SSSR count). The van der Waals surface area contributed by atoms with Gasteiger partial charge in [-0.25, -0.2) is 4.98 Å². The van der Waals surface area contributed by atoms with Gasteiger partial charge in [0.05, 0.1) is 6.54 Å². The monoisotopic (exact) mass is 372 g/mol. The number of nitrogens with zero attached hydrogens (tertiary/aromatic N) is 3. The molecule has 26 heavy (non-hydrogen) atoms. The minimum absolute atomic E-state index is 0.00521. The average molecular weight is 372 g/mol. The van der Waals surface area contributed by atoms with E-state index < -0.39 is 12.7 Å². The summed E-state index contributed by atoms with van der Waals surface area (Å²) in [5.41, 5.74) is 0. The number of hydrogen-bond donors (Lipinski definition) is 3. The van der Waals surface area contributed by atoms with Crippen LogP contribution in [-0.4, -0.2) is 67.8 Å². The highest BCUT2D eigenvalue weighted by Crippen LogP contribution is 2.19. The second-order valence-electron chi connectivity index (χ2n) is 6.33. The molecule has 1 aliphatic rings. The largest absolute Gasteiger partial charge is 0.401 e. The van der Waals surface area contributed by atoms with Crippen molar-refractivity contribution in [2.24, 2.45) is 4.99 Å². The van der Waals surface area contributed by atoms with E-state index in [-0.39, 0.29) is 6.04 Å². The molecule has 0 saturated carbocycles. The quantitative estimate of drug-likeness (QED) is 0.370. The summed E-state index contributed by atoms with van der Waals surface area (Å²) in [4.78, 5) is 9.76. The number of rotatable bonds is 8. The highest BCUT2D eigenvalue weighted by Gasteiger charge is 2.34. The number of pyridine rings is 1. The molecule has 2 heterocycles. The van der Waals surface area contributed by atoms with Gasteiger partial charge < -0.3 is 16.0 Å². The summed E-state index contributed by atoms with van der Waals surface area (Å²) in [6.07, 6.45) is 0.218. The predicted octanol–water partition coefficient (Wildman–Crippen LogP) is 2.08. The van der Waals surface area contributed by atoms with Crippen LogP contribution >= 0.6 is 0 Å². The first kappa shape index (κ1) is 20.3. The van der Waals surface area contributed by atoms with Crippen LogP contribution < -0.4 is 16.0 Å². The van der Waals surface area contributed by atoms with Crippen LogP contribution in [0.15, 0.2) is 29.4 Å². The Hall–Kier alpha value is -2.03. The maximum absolute atomic E-state index is 12.4. The van der Waals surface area contributed by atoms with E-state index in [2.05, 4.69) is 25.9 Å². The van der Waals surface area contributed by atoms with Crippen molar-refractivity contribution in [1.29, 1.82) is 0 Å². The van der Waals surface area contributed by atoms with Gasteiger partial charge in [-0.1, -0.05) is 6.07 Å². The molecular formula is C17H27F3N6. The summed E-state index contributed by atoms with van der Waals surface area (Å²) in [5, 5.41) is 9.66. The third-order valence-electron chi connectivity index (χ3n) is 4.11. The number of guanidine groups is 1. The van der Waals surface area contributed by atoms with Gasteiger partial charge in [0.25, 0.3) is 0 Å². The number of alkyl halides is 3. The summed E-state index contributed by atoms with van der Waals surface area (Å²) in [7, 11) is 1.67. The zero-order valence-corrected chi connectivity index (χ0v) is 15.0. The lowest BCUT2D eigenvalue weighted by Gasteiger charge is -2.19. The molecule has 9 heteroatoms. The Morgan fingerprint density at radius 1 is 1.31 bits per heavy atom. The Morgan fingerprint density at radius 3 is 2.81 bits per heavy atom. The average Bonchev–Trinajstić information content (AvgIpc) is 3.02. The van der Waals surface area contributed by atoms with Gasteiger partial charge in [-0.3, -0.25) is 9.89 Å². The molecule has 0 aliphatic carbocycles. The Bertz CT molecular complexity index is 549. The molecule has 146 valence electrons. The fraction of sp³-hybridized carbons (Fsp3) is 0.647. The Balaban J connectivity index is 1.57. The van der Waals surface area contributed by atoms with Crippen molar-refractivity contribution in [1.82, 2.24) is 20.5 Å². The zero-order chi connectivity index (χ0) is 18.8. The Morgan fingerprint density at radius 2 is 2.12 bits per heavy atom. The lowest BCUT2D eigenvalue weighted by atomic mass is 10.2. The van der Waals surface area contributed by atoms with E-state index in [9.17, 15) is 13.2 Å². The number of likely N-dealkylation sites (tertiary alicyclic amines) is 1. The second-order valence-corrected chi connectivity index (χ2v) is 6.33. The van der Waals surface area contributed by atoms with Crippen LogP contribution in [0.3, 0.4) is 0 Å². The predicted molar refractivity (Wildman–Crippen MR) is 97.4 cm³/mol. The topological polar surface area (TPSA) is 64.6 Å². The van der Waals surface area contributed by atoms with Crippen molar-refractivity contribution >= 4 is 11.8 Å². The lowest BCUT2D eigenvalue weighted by molar-refractivity contribution is -0.143. The highest BCUT2D eigenvalue weighted by atomic mass is 19.4.